The Kier molecular flexibility index (Phi) is 4.52. The van der Waals surface area contributed by atoms with E-state index in [9.17, 15) is 8.42 Å². The van der Waals surface area contributed by atoms with Gasteiger partial charge in [-0.15, -0.1) is 0 Å². The number of nitriles is 1. The Morgan fingerprint density at radius 1 is 1.44 bits per heavy atom. The Morgan fingerprint density at radius 2 is 2.06 bits per heavy atom. The molecule has 0 aromatic carbocycles. The van der Waals surface area contributed by atoms with Gasteiger partial charge in [-0.25, -0.2) is 8.42 Å². The standard InChI is InChI=1S/C10H14N2O3S/c1-16(13,14)10(9-11)3-2-4-12-5-7-15-8-6-12/h2-4H,5-8H2,1H3. The molecule has 5 nitrogen and oxygen atoms in total. The van der Waals surface area contributed by atoms with Gasteiger partial charge in [-0.1, -0.05) is 0 Å². The number of hydrogen-bond acceptors (Lipinski definition) is 5. The maximum Gasteiger partial charge on any atom is 0.185 e. The first kappa shape index (κ1) is 12.7. The summed E-state index contributed by atoms with van der Waals surface area (Å²) in [6, 6.07) is 1.66. The van der Waals surface area contributed by atoms with Gasteiger partial charge >= 0.3 is 0 Å². The van der Waals surface area contributed by atoms with Gasteiger partial charge in [-0.05, 0) is 18.4 Å². The highest BCUT2D eigenvalue weighted by Gasteiger charge is 2.09. The molecule has 1 rings (SSSR count). The zero-order chi connectivity index (χ0) is 12.0. The van der Waals surface area contributed by atoms with Crippen LogP contribution in [-0.2, 0) is 14.6 Å². The van der Waals surface area contributed by atoms with Crippen molar-refractivity contribution >= 4 is 9.84 Å². The third-order valence-corrected chi connectivity index (χ3v) is 3.13. The lowest BCUT2D eigenvalue weighted by Gasteiger charge is -2.24. The molecule has 0 radical (unpaired) electrons. The zero-order valence-corrected chi connectivity index (χ0v) is 9.90. The van der Waals surface area contributed by atoms with Crippen LogP contribution in [0, 0.1) is 11.3 Å². The van der Waals surface area contributed by atoms with Crippen molar-refractivity contribution in [3.8, 4) is 6.07 Å². The minimum Gasteiger partial charge on any atom is -0.378 e. The molecule has 0 aromatic heterocycles. The lowest BCUT2D eigenvalue weighted by molar-refractivity contribution is 0.0594. The van der Waals surface area contributed by atoms with Gasteiger partial charge in [0.2, 0.25) is 0 Å². The second-order valence-electron chi connectivity index (χ2n) is 3.40. The van der Waals surface area contributed by atoms with Crippen LogP contribution < -0.4 is 0 Å². The summed E-state index contributed by atoms with van der Waals surface area (Å²) in [7, 11) is -3.41. The summed E-state index contributed by atoms with van der Waals surface area (Å²) in [5.74, 6) is 0. The molecule has 1 heterocycles. The highest BCUT2D eigenvalue weighted by molar-refractivity contribution is 7.94. The summed E-state index contributed by atoms with van der Waals surface area (Å²) in [4.78, 5) is 1.79. The SMILES string of the molecule is CS(=O)(=O)C(C#N)=CC=CN1CCOCC1. The van der Waals surface area contributed by atoms with Gasteiger partial charge < -0.3 is 9.64 Å². The van der Waals surface area contributed by atoms with Crippen molar-refractivity contribution in [2.24, 2.45) is 0 Å². The highest BCUT2D eigenvalue weighted by atomic mass is 32.2. The van der Waals surface area contributed by atoms with E-state index in [1.807, 2.05) is 4.90 Å². The largest absolute Gasteiger partial charge is 0.378 e. The third kappa shape index (κ3) is 4.04. The number of ether oxygens (including phenoxy) is 1. The molecule has 0 aliphatic carbocycles. The number of morpholine rings is 1. The van der Waals surface area contributed by atoms with Gasteiger partial charge in [0.05, 0.1) is 13.2 Å². The van der Waals surface area contributed by atoms with Gasteiger partial charge in [0, 0.05) is 19.3 Å². The van der Waals surface area contributed by atoms with Crippen LogP contribution in [0.3, 0.4) is 0 Å². The quantitative estimate of drug-likeness (QED) is 0.525. The molecular weight excluding hydrogens is 228 g/mol. The van der Waals surface area contributed by atoms with E-state index in [4.69, 9.17) is 10.00 Å². The van der Waals surface area contributed by atoms with Crippen LogP contribution in [-0.4, -0.2) is 45.9 Å². The third-order valence-electron chi connectivity index (χ3n) is 2.10. The van der Waals surface area contributed by atoms with E-state index in [1.54, 1.807) is 18.3 Å². The van der Waals surface area contributed by atoms with Gasteiger partial charge in [0.15, 0.2) is 9.84 Å². The molecule has 1 fully saturated rings. The van der Waals surface area contributed by atoms with Crippen molar-refractivity contribution in [2.75, 3.05) is 32.6 Å². The predicted molar refractivity (Wildman–Crippen MR) is 60.1 cm³/mol. The lowest BCUT2D eigenvalue weighted by atomic mass is 10.4. The molecule has 88 valence electrons. The predicted octanol–water partition coefficient (Wildman–Crippen LogP) is 0.284. The van der Waals surface area contributed by atoms with Crippen molar-refractivity contribution in [3.63, 3.8) is 0 Å². The van der Waals surface area contributed by atoms with E-state index in [0.717, 1.165) is 19.3 Å². The summed E-state index contributed by atoms with van der Waals surface area (Å²) in [6.45, 7) is 2.91. The Morgan fingerprint density at radius 3 is 2.56 bits per heavy atom. The van der Waals surface area contributed by atoms with Crippen molar-refractivity contribution in [2.45, 2.75) is 0 Å². The molecule has 0 aromatic rings. The fourth-order valence-corrected chi connectivity index (χ4v) is 1.71. The monoisotopic (exact) mass is 242 g/mol. The smallest absolute Gasteiger partial charge is 0.185 e. The van der Waals surface area contributed by atoms with Crippen LogP contribution in [0.15, 0.2) is 23.3 Å². The molecule has 0 bridgehead atoms. The molecule has 0 unspecified atom stereocenters. The fourth-order valence-electron chi connectivity index (χ4n) is 1.22. The molecule has 6 heteroatoms. The van der Waals surface area contributed by atoms with E-state index in [2.05, 4.69) is 0 Å². The number of nitrogens with zero attached hydrogens (tertiary/aromatic N) is 2. The van der Waals surface area contributed by atoms with Crippen molar-refractivity contribution < 1.29 is 13.2 Å². The van der Waals surface area contributed by atoms with Crippen molar-refractivity contribution in [1.82, 2.24) is 4.90 Å². The first-order valence-corrected chi connectivity index (χ1v) is 6.73. The van der Waals surface area contributed by atoms with Crippen LogP contribution in [0.5, 0.6) is 0 Å². The van der Waals surface area contributed by atoms with Gasteiger partial charge in [0.25, 0.3) is 0 Å². The van der Waals surface area contributed by atoms with Gasteiger partial charge in [0.1, 0.15) is 11.0 Å². The number of allylic oxidation sites excluding steroid dienone is 3. The molecule has 0 atom stereocenters. The molecule has 1 aliphatic rings. The molecule has 0 saturated carbocycles. The minimum atomic E-state index is -3.41. The molecule has 1 saturated heterocycles. The van der Waals surface area contributed by atoms with Crippen LogP contribution >= 0.6 is 0 Å². The summed E-state index contributed by atoms with van der Waals surface area (Å²) in [5.41, 5.74) is 0. The number of sulfone groups is 1. The number of hydrogen-bond donors (Lipinski definition) is 0. The van der Waals surface area contributed by atoms with Crippen molar-refractivity contribution in [1.29, 1.82) is 5.26 Å². The van der Waals surface area contributed by atoms with E-state index in [1.165, 1.54) is 6.08 Å². The van der Waals surface area contributed by atoms with Gasteiger partial charge in [-0.2, -0.15) is 5.26 Å². The zero-order valence-electron chi connectivity index (χ0n) is 9.09. The Bertz CT molecular complexity index is 425. The molecule has 16 heavy (non-hydrogen) atoms. The average Bonchev–Trinajstić information content (AvgIpc) is 2.24. The molecular formula is C10H14N2O3S. The first-order valence-electron chi connectivity index (χ1n) is 4.84. The molecule has 0 amide bonds. The second-order valence-corrected chi connectivity index (χ2v) is 5.39. The second kappa shape index (κ2) is 5.68. The summed E-state index contributed by atoms with van der Waals surface area (Å²) in [5, 5.41) is 8.63. The normalized spacial score (nSPS) is 18.8. The summed E-state index contributed by atoms with van der Waals surface area (Å²) < 4.78 is 27.3. The minimum absolute atomic E-state index is 0.225. The topological polar surface area (TPSA) is 70.4 Å². The maximum absolute atomic E-state index is 11.1. The van der Waals surface area contributed by atoms with E-state index < -0.39 is 9.84 Å². The van der Waals surface area contributed by atoms with Crippen molar-refractivity contribution in [3.05, 3.63) is 23.3 Å². The molecule has 0 spiro atoms. The van der Waals surface area contributed by atoms with E-state index in [0.29, 0.717) is 13.2 Å². The number of rotatable bonds is 3. The first-order chi connectivity index (χ1) is 7.54. The summed E-state index contributed by atoms with van der Waals surface area (Å²) >= 11 is 0. The van der Waals surface area contributed by atoms with E-state index in [-0.39, 0.29) is 4.91 Å². The van der Waals surface area contributed by atoms with Crippen LogP contribution in [0.1, 0.15) is 0 Å². The molecule has 0 N–H and O–H groups in total. The van der Waals surface area contributed by atoms with Crippen LogP contribution in [0.25, 0.3) is 0 Å². The lowest BCUT2D eigenvalue weighted by Crippen LogP contribution is -2.31. The highest BCUT2D eigenvalue weighted by Crippen LogP contribution is 2.03. The van der Waals surface area contributed by atoms with Crippen LogP contribution in [0.2, 0.25) is 0 Å². The Balaban J connectivity index is 2.63. The van der Waals surface area contributed by atoms with E-state index >= 15 is 0 Å². The summed E-state index contributed by atoms with van der Waals surface area (Å²) in [6.07, 6.45) is 5.67. The average molecular weight is 242 g/mol. The Hall–Kier alpha value is -1.32. The Labute approximate surface area is 95.5 Å². The molecule has 1 aliphatic heterocycles. The fraction of sp³-hybridized carbons (Fsp3) is 0.500. The van der Waals surface area contributed by atoms with Crippen LogP contribution in [0.4, 0.5) is 0 Å². The van der Waals surface area contributed by atoms with Gasteiger partial charge in [-0.3, -0.25) is 0 Å². The maximum atomic E-state index is 11.1.